The molecule has 0 aliphatic carbocycles. The van der Waals surface area contributed by atoms with Gasteiger partial charge >= 0.3 is 12.2 Å². The molecular weight excluding hydrogens is 437 g/mol. The van der Waals surface area contributed by atoms with E-state index in [1.54, 1.807) is 30.3 Å². The Morgan fingerprint density at radius 1 is 1.00 bits per heavy atom. The van der Waals surface area contributed by atoms with Crippen LogP contribution in [0.3, 0.4) is 0 Å². The average Bonchev–Trinajstić information content (AvgIpc) is 2.77. The largest absolute Gasteiger partial charge is 0.480 e. The second-order valence-electron chi connectivity index (χ2n) is 6.90. The van der Waals surface area contributed by atoms with Gasteiger partial charge in [0.2, 0.25) is 0 Å². The third-order valence-electron chi connectivity index (χ3n) is 4.39. The van der Waals surface area contributed by atoms with E-state index in [0.717, 1.165) is 12.1 Å². The zero-order chi connectivity index (χ0) is 23.4. The average molecular weight is 452 g/mol. The van der Waals surface area contributed by atoms with Crippen molar-refractivity contribution in [3.05, 3.63) is 77.5 Å². The lowest BCUT2D eigenvalue weighted by Crippen LogP contribution is -2.26. The van der Waals surface area contributed by atoms with Crippen LogP contribution in [-0.4, -0.2) is 23.5 Å². The number of hydrogen-bond donors (Lipinski definition) is 3. The Balaban J connectivity index is 1.43. The Morgan fingerprint density at radius 2 is 1.70 bits per heavy atom. The fraction of sp³-hybridized carbons (Fsp3) is 0.0870. The molecule has 4 rings (SSSR count). The highest BCUT2D eigenvalue weighted by Gasteiger charge is 2.30. The summed E-state index contributed by atoms with van der Waals surface area (Å²) in [5, 5.41) is 7.52. The van der Waals surface area contributed by atoms with Gasteiger partial charge < -0.3 is 20.7 Å². The van der Waals surface area contributed by atoms with Gasteiger partial charge in [0.15, 0.2) is 18.2 Å². The quantitative estimate of drug-likeness (QED) is 0.500. The molecule has 0 unspecified atom stereocenters. The highest BCUT2D eigenvalue weighted by atomic mass is 19.4. The minimum absolute atomic E-state index is 0.0107. The van der Waals surface area contributed by atoms with E-state index >= 15 is 0 Å². The van der Waals surface area contributed by atoms with Gasteiger partial charge in [-0.25, -0.2) is 9.78 Å². The molecule has 3 aromatic rings. The number of halogens is 3. The summed E-state index contributed by atoms with van der Waals surface area (Å²) in [6.45, 7) is -0.0954. The maximum atomic E-state index is 12.8. The van der Waals surface area contributed by atoms with Gasteiger partial charge in [-0.05, 0) is 36.4 Å². The minimum Gasteiger partial charge on any atom is -0.480 e. The number of carbonyl (C=O) groups excluding carboxylic acids is 2. The molecule has 166 valence electrons. The molecule has 10 heteroatoms. The molecule has 1 aliphatic heterocycles. The van der Waals surface area contributed by atoms with E-state index in [1.807, 2.05) is 0 Å². The van der Waals surface area contributed by atoms with Crippen LogP contribution in [0, 0.1) is 11.8 Å². The molecule has 1 aromatic heterocycles. The van der Waals surface area contributed by atoms with E-state index in [9.17, 15) is 22.8 Å². The molecule has 7 nitrogen and oxygen atoms in total. The van der Waals surface area contributed by atoms with Crippen LogP contribution in [0.15, 0.2) is 60.8 Å². The number of benzene rings is 2. The first-order valence-electron chi connectivity index (χ1n) is 9.56. The van der Waals surface area contributed by atoms with Gasteiger partial charge in [0.05, 0.1) is 5.56 Å². The van der Waals surface area contributed by atoms with Crippen molar-refractivity contribution >= 4 is 29.1 Å². The number of amides is 3. The van der Waals surface area contributed by atoms with Crippen LogP contribution in [0.2, 0.25) is 0 Å². The van der Waals surface area contributed by atoms with Crippen molar-refractivity contribution in [2.24, 2.45) is 0 Å². The number of anilines is 3. The van der Waals surface area contributed by atoms with Gasteiger partial charge in [-0.3, -0.25) is 4.79 Å². The summed E-state index contributed by atoms with van der Waals surface area (Å²) in [6, 6.07) is 11.9. The lowest BCUT2D eigenvalue weighted by atomic mass is 10.2. The molecule has 0 radical (unpaired) electrons. The monoisotopic (exact) mass is 452 g/mol. The number of urea groups is 1. The van der Waals surface area contributed by atoms with Crippen LogP contribution in [0.1, 0.15) is 16.7 Å². The number of alkyl halides is 3. The van der Waals surface area contributed by atoms with Gasteiger partial charge in [-0.15, -0.1) is 0 Å². The summed E-state index contributed by atoms with van der Waals surface area (Å²) in [4.78, 5) is 27.6. The zero-order valence-corrected chi connectivity index (χ0v) is 16.8. The molecule has 2 aromatic carbocycles. The zero-order valence-electron chi connectivity index (χ0n) is 16.8. The second kappa shape index (κ2) is 8.92. The lowest BCUT2D eigenvalue weighted by Gasteiger charge is -2.16. The highest BCUT2D eigenvalue weighted by molar-refractivity contribution is 5.99. The van der Waals surface area contributed by atoms with Crippen LogP contribution in [0.5, 0.6) is 5.75 Å². The summed E-state index contributed by atoms with van der Waals surface area (Å²) in [7, 11) is 0. The van der Waals surface area contributed by atoms with Crippen LogP contribution in [-0.2, 0) is 11.0 Å². The van der Waals surface area contributed by atoms with E-state index in [-0.39, 0.29) is 18.2 Å². The highest BCUT2D eigenvalue weighted by Crippen LogP contribution is 2.30. The van der Waals surface area contributed by atoms with Crippen molar-refractivity contribution in [2.75, 3.05) is 22.6 Å². The molecule has 2 heterocycles. The van der Waals surface area contributed by atoms with Crippen molar-refractivity contribution in [3.63, 3.8) is 0 Å². The van der Waals surface area contributed by atoms with Gasteiger partial charge in [-0.2, -0.15) is 13.2 Å². The van der Waals surface area contributed by atoms with Crippen molar-refractivity contribution in [3.8, 4) is 17.6 Å². The molecule has 0 bridgehead atoms. The number of hydrogen-bond acceptors (Lipinski definition) is 4. The number of carbonyl (C=O) groups is 2. The summed E-state index contributed by atoms with van der Waals surface area (Å²) in [6.07, 6.45) is -3.01. The Labute approximate surface area is 186 Å². The van der Waals surface area contributed by atoms with Crippen LogP contribution in [0.25, 0.3) is 0 Å². The normalized spacial score (nSPS) is 12.4. The van der Waals surface area contributed by atoms with Crippen LogP contribution < -0.4 is 20.7 Å². The number of aromatic nitrogens is 1. The van der Waals surface area contributed by atoms with E-state index < -0.39 is 17.8 Å². The Morgan fingerprint density at radius 3 is 2.45 bits per heavy atom. The number of nitrogens with one attached hydrogen (secondary N) is 3. The van der Waals surface area contributed by atoms with Gasteiger partial charge in [0.1, 0.15) is 0 Å². The summed E-state index contributed by atoms with van der Waals surface area (Å²) < 4.78 is 43.8. The maximum Gasteiger partial charge on any atom is 0.416 e. The Kier molecular flexibility index (Phi) is 5.87. The van der Waals surface area contributed by atoms with Crippen molar-refractivity contribution in [1.29, 1.82) is 0 Å². The van der Waals surface area contributed by atoms with Gasteiger partial charge in [-0.1, -0.05) is 24.0 Å². The fourth-order valence-electron chi connectivity index (χ4n) is 2.91. The molecule has 3 amide bonds. The van der Waals surface area contributed by atoms with Gasteiger partial charge in [0, 0.05) is 34.8 Å². The first-order valence-corrected chi connectivity index (χ1v) is 9.56. The van der Waals surface area contributed by atoms with E-state index in [4.69, 9.17) is 4.74 Å². The number of nitrogens with zero attached hydrogens (tertiary/aromatic N) is 1. The standard InChI is InChI=1S/C23H15F3N4O3/c24-23(25,26)16-4-2-6-18(11-16)29-22(32)28-17-5-1-3-14(9-17)7-8-15-10-19-21(27-12-15)30-20(31)13-33-19/h1-6,9-12H,13H2,(H,27,30,31)(H2,28,29,32). The fourth-order valence-corrected chi connectivity index (χ4v) is 2.91. The third kappa shape index (κ3) is 5.59. The minimum atomic E-state index is -4.51. The first-order chi connectivity index (χ1) is 15.8. The SMILES string of the molecule is O=C1COc2cc(C#Cc3cccc(NC(=O)Nc4cccc(C(F)(F)F)c4)c3)cnc2N1. The molecule has 0 fully saturated rings. The molecule has 33 heavy (non-hydrogen) atoms. The first kappa shape index (κ1) is 21.7. The topological polar surface area (TPSA) is 92.3 Å². The summed E-state index contributed by atoms with van der Waals surface area (Å²) in [5.41, 5.74) is 0.698. The van der Waals surface area contributed by atoms with Crippen molar-refractivity contribution in [2.45, 2.75) is 6.18 Å². The number of pyridine rings is 1. The van der Waals surface area contributed by atoms with E-state index in [1.165, 1.54) is 18.3 Å². The van der Waals surface area contributed by atoms with Gasteiger partial charge in [0.25, 0.3) is 5.91 Å². The Bertz CT molecular complexity index is 1300. The van der Waals surface area contributed by atoms with Crippen LogP contribution >= 0.6 is 0 Å². The van der Waals surface area contributed by atoms with E-state index in [2.05, 4.69) is 32.8 Å². The molecule has 0 atom stereocenters. The van der Waals surface area contributed by atoms with Crippen LogP contribution in [0.4, 0.5) is 35.2 Å². The molecule has 1 aliphatic rings. The number of rotatable bonds is 2. The maximum absolute atomic E-state index is 12.8. The van der Waals surface area contributed by atoms with Crippen molar-refractivity contribution < 1.29 is 27.5 Å². The lowest BCUT2D eigenvalue weighted by molar-refractivity contribution is -0.137. The van der Waals surface area contributed by atoms with Crippen molar-refractivity contribution in [1.82, 2.24) is 4.98 Å². The molecule has 3 N–H and O–H groups in total. The second-order valence-corrected chi connectivity index (χ2v) is 6.90. The summed E-state index contributed by atoms with van der Waals surface area (Å²) >= 11 is 0. The number of fused-ring (bicyclic) bond motifs is 1. The molecule has 0 spiro atoms. The predicted molar refractivity (Wildman–Crippen MR) is 115 cm³/mol. The predicted octanol–water partition coefficient (Wildman–Crippen LogP) is 4.48. The molecular formula is C23H15F3N4O3. The molecule has 0 saturated heterocycles. The number of ether oxygens (including phenoxy) is 1. The summed E-state index contributed by atoms with van der Waals surface area (Å²) in [5.74, 6) is 6.32. The van der Waals surface area contributed by atoms with E-state index in [0.29, 0.717) is 28.4 Å². The molecule has 0 saturated carbocycles. The smallest absolute Gasteiger partial charge is 0.416 e. The Hall–Kier alpha value is -4.52. The third-order valence-corrected chi connectivity index (χ3v) is 4.39.